The SMILES string of the molecule is Cc1cc2oc3c(-c4cc(C(F)(F)F)c5ccccc5[n+]4C)c(C)c(F)cc3c2cc1F. The lowest BCUT2D eigenvalue weighted by molar-refractivity contribution is -0.633. The van der Waals surface area contributed by atoms with E-state index >= 15 is 0 Å². The highest BCUT2D eigenvalue weighted by atomic mass is 19.4. The lowest BCUT2D eigenvalue weighted by atomic mass is 9.97. The Bertz CT molecular complexity index is 1560. The fourth-order valence-electron chi connectivity index (χ4n) is 4.31. The van der Waals surface area contributed by atoms with Gasteiger partial charge in [-0.2, -0.15) is 17.7 Å². The summed E-state index contributed by atoms with van der Waals surface area (Å²) in [7, 11) is 1.63. The molecule has 5 aromatic rings. The maximum Gasteiger partial charge on any atom is 0.417 e. The summed E-state index contributed by atoms with van der Waals surface area (Å²) in [5.74, 6) is -1.09. The predicted octanol–water partition coefficient (Wildman–Crippen LogP) is 7.14. The number of aryl methyl sites for hydroxylation is 2. The van der Waals surface area contributed by atoms with Crippen molar-refractivity contribution in [1.29, 1.82) is 0 Å². The van der Waals surface area contributed by atoms with E-state index in [0.717, 1.165) is 6.07 Å². The normalized spacial score (nSPS) is 12.4. The smallest absolute Gasteiger partial charge is 0.417 e. The first kappa shape index (κ1) is 20.4. The predicted molar refractivity (Wildman–Crippen MR) is 112 cm³/mol. The summed E-state index contributed by atoms with van der Waals surface area (Å²) in [4.78, 5) is 0. The van der Waals surface area contributed by atoms with Gasteiger partial charge in [0.05, 0.1) is 16.5 Å². The van der Waals surface area contributed by atoms with E-state index in [0.29, 0.717) is 27.4 Å². The highest BCUT2D eigenvalue weighted by Gasteiger charge is 2.37. The molecule has 0 bridgehead atoms. The van der Waals surface area contributed by atoms with Gasteiger partial charge in [-0.1, -0.05) is 12.1 Å². The van der Waals surface area contributed by atoms with Gasteiger partial charge in [-0.25, -0.2) is 8.78 Å². The van der Waals surface area contributed by atoms with E-state index in [4.69, 9.17) is 4.42 Å². The molecule has 32 heavy (non-hydrogen) atoms. The number of hydrogen-bond acceptors (Lipinski definition) is 1. The molecule has 2 aromatic heterocycles. The molecule has 3 aromatic carbocycles. The Hall–Kier alpha value is -3.48. The number of furan rings is 1. The van der Waals surface area contributed by atoms with Crippen molar-refractivity contribution in [3.05, 3.63) is 76.9 Å². The van der Waals surface area contributed by atoms with Crippen LogP contribution < -0.4 is 4.57 Å². The highest BCUT2D eigenvalue weighted by molar-refractivity contribution is 6.10. The summed E-state index contributed by atoms with van der Waals surface area (Å²) in [5.41, 5.74) is 0.914. The summed E-state index contributed by atoms with van der Waals surface area (Å²) < 4.78 is 78.6. The average Bonchev–Trinajstić information content (AvgIpc) is 3.06. The Morgan fingerprint density at radius 1 is 0.844 bits per heavy atom. The summed E-state index contributed by atoms with van der Waals surface area (Å²) in [6.07, 6.45) is -4.61. The van der Waals surface area contributed by atoms with E-state index in [1.165, 1.54) is 31.2 Å². The van der Waals surface area contributed by atoms with Crippen LogP contribution in [0.25, 0.3) is 44.1 Å². The third-order valence-electron chi connectivity index (χ3n) is 6.00. The molecule has 0 saturated carbocycles. The monoisotopic (exact) mass is 442 g/mol. The Labute approximate surface area is 179 Å². The van der Waals surface area contributed by atoms with Crippen molar-refractivity contribution in [2.45, 2.75) is 20.0 Å². The largest absolute Gasteiger partial charge is 0.455 e. The Kier molecular flexibility index (Phi) is 4.31. The lowest BCUT2D eigenvalue weighted by Gasteiger charge is -2.13. The molecule has 0 atom stereocenters. The molecule has 162 valence electrons. The topological polar surface area (TPSA) is 17.0 Å². The van der Waals surface area contributed by atoms with E-state index in [1.54, 1.807) is 36.7 Å². The molecule has 0 N–H and O–H groups in total. The van der Waals surface area contributed by atoms with Crippen LogP contribution in [0.5, 0.6) is 0 Å². The first-order valence-corrected chi connectivity index (χ1v) is 9.88. The van der Waals surface area contributed by atoms with E-state index in [1.807, 2.05) is 0 Å². The Morgan fingerprint density at radius 2 is 1.53 bits per heavy atom. The Morgan fingerprint density at radius 3 is 2.25 bits per heavy atom. The molecular formula is C25H17F5NO+. The van der Waals surface area contributed by atoms with E-state index < -0.39 is 23.4 Å². The van der Waals surface area contributed by atoms with Crippen LogP contribution in [0.15, 0.2) is 52.9 Å². The summed E-state index contributed by atoms with van der Waals surface area (Å²) in [6, 6.07) is 11.2. The third kappa shape index (κ3) is 2.87. The molecule has 0 saturated heterocycles. The van der Waals surface area contributed by atoms with Crippen LogP contribution in [0.1, 0.15) is 16.7 Å². The quantitative estimate of drug-likeness (QED) is 0.199. The molecule has 0 fully saturated rings. The number of halogens is 5. The molecule has 0 aliphatic heterocycles. The van der Waals surface area contributed by atoms with Gasteiger partial charge in [0.25, 0.3) is 0 Å². The highest BCUT2D eigenvalue weighted by Crippen LogP contribution is 2.41. The first-order valence-electron chi connectivity index (χ1n) is 9.88. The van der Waals surface area contributed by atoms with E-state index in [9.17, 15) is 22.0 Å². The Balaban J connectivity index is 1.97. The van der Waals surface area contributed by atoms with Gasteiger partial charge in [-0.3, -0.25) is 0 Å². The molecule has 0 aliphatic rings. The number of alkyl halides is 3. The van der Waals surface area contributed by atoms with Crippen LogP contribution in [-0.4, -0.2) is 0 Å². The fourth-order valence-corrected chi connectivity index (χ4v) is 4.31. The van der Waals surface area contributed by atoms with Crippen LogP contribution >= 0.6 is 0 Å². The number of para-hydroxylation sites is 1. The third-order valence-corrected chi connectivity index (χ3v) is 6.00. The molecule has 0 unspecified atom stereocenters. The zero-order valence-corrected chi connectivity index (χ0v) is 17.4. The van der Waals surface area contributed by atoms with Crippen LogP contribution in [0.2, 0.25) is 0 Å². The van der Waals surface area contributed by atoms with Gasteiger partial charge in [0, 0.05) is 28.5 Å². The fraction of sp³-hybridized carbons (Fsp3) is 0.160. The van der Waals surface area contributed by atoms with Crippen LogP contribution in [0.3, 0.4) is 0 Å². The molecule has 2 nitrogen and oxygen atoms in total. The molecule has 2 heterocycles. The lowest BCUT2D eigenvalue weighted by Crippen LogP contribution is -2.33. The standard InChI is InChI=1S/C25H17F5NO/c1-12-8-22-15(9-18(12)26)16-10-19(27)13(2)23(24(16)32-22)21-11-17(25(28,29)30)14-6-4-5-7-20(14)31(21)3/h4-11H,1-3H3/q+1. The van der Waals surface area contributed by atoms with E-state index in [-0.39, 0.29) is 27.8 Å². The van der Waals surface area contributed by atoms with Gasteiger partial charge in [0.15, 0.2) is 0 Å². The molecule has 0 aliphatic carbocycles. The zero-order valence-electron chi connectivity index (χ0n) is 17.4. The van der Waals surface area contributed by atoms with Crippen molar-refractivity contribution in [1.82, 2.24) is 0 Å². The van der Waals surface area contributed by atoms with Crippen LogP contribution in [0.4, 0.5) is 22.0 Å². The van der Waals surface area contributed by atoms with Crippen LogP contribution in [0, 0.1) is 25.5 Å². The van der Waals surface area contributed by atoms with Gasteiger partial charge in [-0.15, -0.1) is 0 Å². The van der Waals surface area contributed by atoms with E-state index in [2.05, 4.69) is 0 Å². The minimum atomic E-state index is -4.61. The number of benzene rings is 3. The number of pyridine rings is 1. The minimum Gasteiger partial charge on any atom is -0.455 e. The van der Waals surface area contributed by atoms with Crippen molar-refractivity contribution in [2.75, 3.05) is 0 Å². The van der Waals surface area contributed by atoms with Gasteiger partial charge < -0.3 is 4.42 Å². The molecule has 0 amide bonds. The second-order valence-corrected chi connectivity index (χ2v) is 7.95. The molecule has 7 heteroatoms. The summed E-state index contributed by atoms with van der Waals surface area (Å²) >= 11 is 0. The van der Waals surface area contributed by atoms with Gasteiger partial charge in [-0.05, 0) is 43.7 Å². The van der Waals surface area contributed by atoms with Crippen LogP contribution in [-0.2, 0) is 13.2 Å². The molecule has 0 spiro atoms. The summed E-state index contributed by atoms with van der Waals surface area (Å²) in [5, 5.41) is 0.709. The van der Waals surface area contributed by atoms with Crippen molar-refractivity contribution in [2.24, 2.45) is 7.05 Å². The average molecular weight is 442 g/mol. The second kappa shape index (κ2) is 6.76. The number of fused-ring (bicyclic) bond motifs is 4. The molecular weight excluding hydrogens is 425 g/mol. The number of nitrogens with zero attached hydrogens (tertiary/aromatic N) is 1. The number of aromatic nitrogens is 1. The van der Waals surface area contributed by atoms with Crippen molar-refractivity contribution in [3.8, 4) is 11.3 Å². The van der Waals surface area contributed by atoms with Gasteiger partial charge in [0.1, 0.15) is 29.8 Å². The maximum atomic E-state index is 15.0. The van der Waals surface area contributed by atoms with Crippen molar-refractivity contribution >= 4 is 32.8 Å². The van der Waals surface area contributed by atoms with Gasteiger partial charge >= 0.3 is 6.18 Å². The van der Waals surface area contributed by atoms with Gasteiger partial charge in [0.2, 0.25) is 11.2 Å². The second-order valence-electron chi connectivity index (χ2n) is 7.95. The number of rotatable bonds is 1. The number of hydrogen-bond donors (Lipinski definition) is 0. The molecule has 0 radical (unpaired) electrons. The maximum absolute atomic E-state index is 15.0. The first-order chi connectivity index (χ1) is 15.1. The minimum absolute atomic E-state index is 0.0406. The van der Waals surface area contributed by atoms with Crippen molar-refractivity contribution < 1.29 is 30.9 Å². The van der Waals surface area contributed by atoms with Crippen molar-refractivity contribution in [3.63, 3.8) is 0 Å². The zero-order chi connectivity index (χ0) is 22.9. The summed E-state index contributed by atoms with van der Waals surface area (Å²) in [6.45, 7) is 3.07. The molecule has 5 rings (SSSR count).